The summed E-state index contributed by atoms with van der Waals surface area (Å²) >= 11 is 3.49. The van der Waals surface area contributed by atoms with E-state index in [1.807, 2.05) is 6.07 Å². The molecule has 0 spiro atoms. The van der Waals surface area contributed by atoms with E-state index in [0.29, 0.717) is 12.0 Å². The fourth-order valence-corrected chi connectivity index (χ4v) is 3.72. The summed E-state index contributed by atoms with van der Waals surface area (Å²) < 4.78 is 3.30. The minimum atomic E-state index is 0.285. The first-order valence-corrected chi connectivity index (χ1v) is 7.71. The quantitative estimate of drug-likeness (QED) is 0.839. The molecule has 1 aliphatic carbocycles. The minimum Gasteiger partial charge on any atom is -0.369 e. The summed E-state index contributed by atoms with van der Waals surface area (Å²) in [7, 11) is 0. The van der Waals surface area contributed by atoms with Crippen molar-refractivity contribution < 1.29 is 0 Å². The van der Waals surface area contributed by atoms with Crippen molar-refractivity contribution in [2.75, 3.05) is 5.73 Å². The highest BCUT2D eigenvalue weighted by Gasteiger charge is 2.35. The number of nitrogens with zero attached hydrogens (tertiary/aromatic N) is 2. The second kappa shape index (κ2) is 4.51. The van der Waals surface area contributed by atoms with Gasteiger partial charge in [0.1, 0.15) is 0 Å². The second-order valence-electron chi connectivity index (χ2n) is 6.22. The molecule has 3 nitrogen and oxygen atoms in total. The fraction of sp³-hybridized carbons (Fsp3) is 0.533. The minimum absolute atomic E-state index is 0.285. The van der Waals surface area contributed by atoms with Crippen molar-refractivity contribution in [1.29, 1.82) is 0 Å². The van der Waals surface area contributed by atoms with Gasteiger partial charge in [-0.15, -0.1) is 0 Å². The third kappa shape index (κ3) is 2.16. The van der Waals surface area contributed by atoms with Crippen LogP contribution < -0.4 is 5.73 Å². The van der Waals surface area contributed by atoms with Crippen LogP contribution >= 0.6 is 15.9 Å². The third-order valence-electron chi connectivity index (χ3n) is 4.44. The third-order valence-corrected chi connectivity index (χ3v) is 4.93. The van der Waals surface area contributed by atoms with E-state index in [0.717, 1.165) is 15.5 Å². The Labute approximate surface area is 122 Å². The number of benzene rings is 1. The zero-order valence-electron chi connectivity index (χ0n) is 11.5. The van der Waals surface area contributed by atoms with Gasteiger partial charge in [-0.3, -0.25) is 0 Å². The molecule has 1 fully saturated rings. The molecular weight excluding hydrogens is 302 g/mol. The number of anilines is 1. The largest absolute Gasteiger partial charge is 0.369 e. The lowest BCUT2D eigenvalue weighted by Crippen LogP contribution is -2.31. The molecule has 2 N–H and O–H groups in total. The summed E-state index contributed by atoms with van der Waals surface area (Å²) in [6, 6.07) is 6.67. The van der Waals surface area contributed by atoms with Crippen LogP contribution in [0.25, 0.3) is 11.0 Å². The van der Waals surface area contributed by atoms with Crippen molar-refractivity contribution in [3.63, 3.8) is 0 Å². The molecule has 1 aromatic heterocycles. The Balaban J connectivity index is 2.16. The monoisotopic (exact) mass is 321 g/mol. The predicted octanol–water partition coefficient (Wildman–Crippen LogP) is 4.52. The first-order valence-electron chi connectivity index (χ1n) is 6.92. The van der Waals surface area contributed by atoms with E-state index in [-0.39, 0.29) is 5.41 Å². The van der Waals surface area contributed by atoms with Gasteiger partial charge in [0.15, 0.2) is 0 Å². The number of imidazole rings is 1. The number of fused-ring (bicyclic) bond motifs is 1. The van der Waals surface area contributed by atoms with E-state index < -0.39 is 0 Å². The molecule has 1 unspecified atom stereocenters. The van der Waals surface area contributed by atoms with E-state index >= 15 is 0 Å². The highest BCUT2D eigenvalue weighted by atomic mass is 79.9. The van der Waals surface area contributed by atoms with Gasteiger partial charge in [-0.2, -0.15) is 0 Å². The molecule has 1 atom stereocenters. The van der Waals surface area contributed by atoms with Crippen LogP contribution in [0.2, 0.25) is 0 Å². The van der Waals surface area contributed by atoms with Gasteiger partial charge in [-0.25, -0.2) is 4.98 Å². The van der Waals surface area contributed by atoms with Gasteiger partial charge in [0, 0.05) is 10.5 Å². The molecule has 102 valence electrons. The standard InChI is InChI=1S/C15H20BrN3/c1-15(2)8-4-3-5-13(15)19-12-7-6-10(16)9-11(12)18-14(19)17/h6-7,9,13H,3-5,8H2,1-2H3,(H2,17,18). The van der Waals surface area contributed by atoms with Gasteiger partial charge >= 0.3 is 0 Å². The van der Waals surface area contributed by atoms with E-state index in [1.54, 1.807) is 0 Å². The Morgan fingerprint density at radius 3 is 2.89 bits per heavy atom. The van der Waals surface area contributed by atoms with Crippen LogP contribution in [0.3, 0.4) is 0 Å². The Morgan fingerprint density at radius 1 is 1.37 bits per heavy atom. The van der Waals surface area contributed by atoms with Crippen molar-refractivity contribution in [2.45, 2.75) is 45.6 Å². The number of rotatable bonds is 1. The maximum atomic E-state index is 6.19. The lowest BCUT2D eigenvalue weighted by atomic mass is 9.73. The smallest absolute Gasteiger partial charge is 0.201 e. The van der Waals surface area contributed by atoms with Gasteiger partial charge in [-0.05, 0) is 36.5 Å². The highest BCUT2D eigenvalue weighted by Crippen LogP contribution is 2.46. The molecule has 3 rings (SSSR count). The van der Waals surface area contributed by atoms with Gasteiger partial charge < -0.3 is 10.3 Å². The maximum Gasteiger partial charge on any atom is 0.201 e. The number of nitrogens with two attached hydrogens (primary N) is 1. The number of hydrogen-bond donors (Lipinski definition) is 1. The summed E-state index contributed by atoms with van der Waals surface area (Å²) in [5.74, 6) is 0.646. The fourth-order valence-electron chi connectivity index (χ4n) is 3.37. The van der Waals surface area contributed by atoms with Crippen molar-refractivity contribution in [1.82, 2.24) is 9.55 Å². The van der Waals surface area contributed by atoms with Crippen molar-refractivity contribution in [3.05, 3.63) is 22.7 Å². The molecular formula is C15H20BrN3. The molecule has 0 bridgehead atoms. The number of halogens is 1. The first-order chi connectivity index (χ1) is 8.99. The normalized spacial score (nSPS) is 22.8. The Hall–Kier alpha value is -1.03. The molecule has 19 heavy (non-hydrogen) atoms. The van der Waals surface area contributed by atoms with Crippen LogP contribution in [0.15, 0.2) is 22.7 Å². The van der Waals surface area contributed by atoms with Gasteiger partial charge in [0.2, 0.25) is 5.95 Å². The molecule has 0 saturated heterocycles. The zero-order valence-corrected chi connectivity index (χ0v) is 13.1. The summed E-state index contributed by atoms with van der Waals surface area (Å²) in [6.07, 6.45) is 5.05. The molecule has 0 aliphatic heterocycles. The maximum absolute atomic E-state index is 6.19. The highest BCUT2D eigenvalue weighted by molar-refractivity contribution is 9.10. The van der Waals surface area contributed by atoms with E-state index in [4.69, 9.17) is 5.73 Å². The average molecular weight is 322 g/mol. The Kier molecular flexibility index (Phi) is 3.08. The van der Waals surface area contributed by atoms with Gasteiger partial charge in [-0.1, -0.05) is 42.6 Å². The number of aromatic nitrogens is 2. The molecule has 0 radical (unpaired) electrons. The lowest BCUT2D eigenvalue weighted by Gasteiger charge is -2.40. The number of nitrogen functional groups attached to an aromatic ring is 1. The van der Waals surface area contributed by atoms with Crippen molar-refractivity contribution >= 4 is 32.9 Å². The van der Waals surface area contributed by atoms with Crippen molar-refractivity contribution in [3.8, 4) is 0 Å². The Bertz CT molecular complexity index is 615. The summed E-state index contributed by atoms with van der Waals surface area (Å²) in [4.78, 5) is 4.53. The van der Waals surface area contributed by atoms with Crippen LogP contribution in [0.5, 0.6) is 0 Å². The van der Waals surface area contributed by atoms with Crippen LogP contribution in [0.4, 0.5) is 5.95 Å². The Morgan fingerprint density at radius 2 is 2.16 bits per heavy atom. The molecule has 1 aromatic carbocycles. The lowest BCUT2D eigenvalue weighted by molar-refractivity contribution is 0.149. The van der Waals surface area contributed by atoms with E-state index in [2.05, 4.69) is 51.5 Å². The summed E-state index contributed by atoms with van der Waals surface area (Å²) in [5, 5.41) is 0. The molecule has 4 heteroatoms. The van der Waals surface area contributed by atoms with Gasteiger partial charge in [0.05, 0.1) is 11.0 Å². The first kappa shape index (κ1) is 13.0. The molecule has 2 aromatic rings. The number of hydrogen-bond acceptors (Lipinski definition) is 2. The predicted molar refractivity (Wildman–Crippen MR) is 83.1 cm³/mol. The van der Waals surface area contributed by atoms with Crippen molar-refractivity contribution in [2.24, 2.45) is 5.41 Å². The van der Waals surface area contributed by atoms with Crippen LogP contribution in [0.1, 0.15) is 45.6 Å². The zero-order chi connectivity index (χ0) is 13.6. The molecule has 1 heterocycles. The molecule has 1 saturated carbocycles. The van der Waals surface area contributed by atoms with Gasteiger partial charge in [0.25, 0.3) is 0 Å². The van der Waals surface area contributed by atoms with E-state index in [1.165, 1.54) is 25.7 Å². The summed E-state index contributed by atoms with van der Waals surface area (Å²) in [5.41, 5.74) is 8.61. The SMILES string of the molecule is CC1(C)CCCCC1n1c(N)nc2cc(Br)ccc21. The van der Waals surface area contributed by atoms with Crippen LogP contribution in [-0.2, 0) is 0 Å². The van der Waals surface area contributed by atoms with E-state index in [9.17, 15) is 0 Å². The molecule has 0 amide bonds. The second-order valence-corrected chi connectivity index (χ2v) is 7.14. The summed E-state index contributed by atoms with van der Waals surface area (Å²) in [6.45, 7) is 4.70. The van der Waals surface area contributed by atoms with Crippen LogP contribution in [0, 0.1) is 5.41 Å². The molecule has 1 aliphatic rings. The average Bonchev–Trinajstić information content (AvgIpc) is 2.64. The van der Waals surface area contributed by atoms with Crippen LogP contribution in [-0.4, -0.2) is 9.55 Å². The topological polar surface area (TPSA) is 43.8 Å².